The lowest BCUT2D eigenvalue weighted by atomic mass is 9.75. The first-order valence-electron chi connectivity index (χ1n) is 38.1. The number of ether oxygens (including phenoxy) is 2. The summed E-state index contributed by atoms with van der Waals surface area (Å²) in [5, 5.41) is 35.3. The van der Waals surface area contributed by atoms with Gasteiger partial charge in [-0.3, -0.25) is 19.2 Å². The molecule has 5 saturated carbocycles. The van der Waals surface area contributed by atoms with Crippen molar-refractivity contribution in [3.05, 3.63) is 302 Å². The smallest absolute Gasteiger partial charge is 0.331 e. The van der Waals surface area contributed by atoms with Crippen LogP contribution in [0.3, 0.4) is 0 Å². The Balaban J connectivity index is 0.000000217. The van der Waals surface area contributed by atoms with E-state index >= 15 is 0 Å². The van der Waals surface area contributed by atoms with Crippen LogP contribution in [0, 0.1) is 129 Å². The summed E-state index contributed by atoms with van der Waals surface area (Å²) in [6, 6.07) is 32.9. The molecule has 0 heterocycles. The van der Waals surface area contributed by atoms with E-state index in [1.165, 1.54) is 97.8 Å². The maximum absolute atomic E-state index is 13.4. The van der Waals surface area contributed by atoms with Gasteiger partial charge in [-0.2, -0.15) is 0 Å². The number of halogens is 15. The molecule has 13 rings (SSSR count). The Bertz CT molecular complexity index is 4840. The van der Waals surface area contributed by atoms with Gasteiger partial charge in [0.25, 0.3) is 0 Å². The molecule has 29 heteroatoms. The van der Waals surface area contributed by atoms with Crippen LogP contribution in [0.25, 0.3) is 18.2 Å². The van der Waals surface area contributed by atoms with Crippen molar-refractivity contribution in [3.63, 3.8) is 0 Å². The van der Waals surface area contributed by atoms with E-state index in [0.29, 0.717) is 100.0 Å². The zero-order valence-electron chi connectivity index (χ0n) is 65.9. The highest BCUT2D eigenvalue weighted by Gasteiger charge is 2.48. The van der Waals surface area contributed by atoms with Gasteiger partial charge in [-0.05, 0) is 246 Å². The summed E-state index contributed by atoms with van der Waals surface area (Å²) in [5.41, 5.74) is 7.56. The summed E-state index contributed by atoms with van der Waals surface area (Å²) in [6.07, 6.45) is 14.5. The van der Waals surface area contributed by atoms with Gasteiger partial charge in [0.15, 0.2) is 81.4 Å². The van der Waals surface area contributed by atoms with E-state index in [1.807, 2.05) is 0 Å². The van der Waals surface area contributed by atoms with Crippen LogP contribution in [-0.4, -0.2) is 74.9 Å². The summed E-state index contributed by atoms with van der Waals surface area (Å²) in [6.45, 7) is 13.1. The molecule has 0 bridgehead atoms. The summed E-state index contributed by atoms with van der Waals surface area (Å²) < 4.78 is 189. The first-order chi connectivity index (χ1) is 56.6. The third-order valence-electron chi connectivity index (χ3n) is 20.2. The van der Waals surface area contributed by atoms with Gasteiger partial charge in [0.05, 0.1) is 23.8 Å². The van der Waals surface area contributed by atoms with Gasteiger partial charge in [0.2, 0.25) is 5.24 Å². The zero-order valence-corrected chi connectivity index (χ0v) is 66.6. The molecule has 0 radical (unpaired) electrons. The van der Waals surface area contributed by atoms with Crippen LogP contribution in [0.4, 0.5) is 61.5 Å². The number of aliphatic carboxylic acids is 3. The van der Waals surface area contributed by atoms with Crippen molar-refractivity contribution in [3.8, 4) is 0 Å². The van der Waals surface area contributed by atoms with Gasteiger partial charge >= 0.3 is 23.9 Å². The Morgan fingerprint density at radius 3 is 1.12 bits per heavy atom. The molecule has 14 nitrogen and oxygen atoms in total. The molecule has 13 atom stereocenters. The van der Waals surface area contributed by atoms with Gasteiger partial charge in [-0.25, -0.2) is 71.1 Å². The number of carboxylic acids is 3. The van der Waals surface area contributed by atoms with E-state index < -0.39 is 123 Å². The average molecular weight is 1710 g/mol. The molecule has 8 aromatic rings. The van der Waals surface area contributed by atoms with Crippen molar-refractivity contribution in [2.24, 2.45) is 47.3 Å². The number of carbonyl (C=O) groups excluding carboxylic acids is 5. The molecule has 2 unspecified atom stereocenters. The number of esters is 2. The van der Waals surface area contributed by atoms with E-state index in [-0.39, 0.29) is 41.5 Å². The molecule has 8 aromatic carbocycles. The molecule has 5 aliphatic rings. The van der Waals surface area contributed by atoms with Crippen LogP contribution in [0.5, 0.6) is 0 Å². The molecular weight excluding hydrogens is 1620 g/mol. The highest BCUT2D eigenvalue weighted by atomic mass is 35.5. The van der Waals surface area contributed by atoms with Crippen molar-refractivity contribution in [1.82, 2.24) is 0 Å². The van der Waals surface area contributed by atoms with Gasteiger partial charge in [-0.15, -0.1) is 0 Å². The maximum Gasteiger partial charge on any atom is 0.331 e. The first kappa shape index (κ1) is 97.7. The second-order valence-corrected chi connectivity index (χ2v) is 30.4. The standard InChI is InChI=1S/C20H26F2O2.C19H24F2O2.C10H8F2O2.C9H5ClF2O.C9H9F2N.C9H6F2O2.C8H8O3.C7H4F2O/c1-11(2)14-6-4-12(3)8-19(14)24-20(23)16-10-15(16)13-5-7-17(21)18(22)9-13;1-12(2)15-7-4-13(3)10-18(15)23-19(22)9-6-14-5-8-16(20)17(21)11-14;11-8-2-1-5(3-9(8)12)6-4-7(6)10(13)14;10-9(13)4-2-6-1-3-7(11)8(12)5-6;10-7-2-1-5(3-8(7)11)6-4-9(6)12;10-7-3-1-6(5-8(7)11)2-4-9(12)13;9-7(8(10)11)6-4-2-1-3-5-6;8-6-2-1-5(4-10)3-7(6)9/h5,7,9,11-12,14-16,19H,4,6,8,10H2,1-3H3;5-6,8-9,11-13,15,18H,4,7,10H2,1-3H3;1-3,6-7H,4H2,(H,13,14);1-5H;1-3,6,9H,4,12H2;1-5H,(H,12,13);1-5,7,9H,(H,10,11);1-4H/b;9-6+;;4-2+;;4-2+;;/t12-,14+,15?,16-,19-;13-,15+,18-;6?,7-;;6-,9+;;7-;/m111.0.1./s1. The molecular formula is C91H90ClF14NO13. The Kier molecular flexibility index (Phi) is 38.3. The predicted molar refractivity (Wildman–Crippen MR) is 418 cm³/mol. The van der Waals surface area contributed by atoms with Crippen LogP contribution < -0.4 is 10.8 Å². The van der Waals surface area contributed by atoms with Crippen molar-refractivity contribution >= 4 is 71.2 Å². The first-order valence-corrected chi connectivity index (χ1v) is 38.5. The molecule has 0 saturated heterocycles. The lowest BCUT2D eigenvalue weighted by molar-refractivity contribution is -0.386. The molecule has 6 N–H and O–H groups in total. The number of aldehydes is 1. The number of benzene rings is 8. The number of rotatable bonds is 18. The summed E-state index contributed by atoms with van der Waals surface area (Å²) in [5.74, 6) is -14.3. The fourth-order valence-corrected chi connectivity index (χ4v) is 13.2. The van der Waals surface area contributed by atoms with Crippen molar-refractivity contribution < 1.29 is 131 Å². The summed E-state index contributed by atoms with van der Waals surface area (Å²) in [7, 11) is 0. The molecule has 5 fully saturated rings. The molecule has 0 aromatic heterocycles. The number of hydrogen-bond acceptors (Lipinski definition) is 11. The number of aliphatic hydroxyl groups is 1. The van der Waals surface area contributed by atoms with Crippen molar-refractivity contribution in [2.45, 2.75) is 141 Å². The zero-order chi connectivity index (χ0) is 88.9. The normalized spacial score (nSPS) is 21.2. The van der Waals surface area contributed by atoms with E-state index in [1.54, 1.807) is 30.3 Å². The number of quaternary nitrogens is 1. The third-order valence-corrected chi connectivity index (χ3v) is 20.3. The number of allylic oxidation sites excluding steroid dienone is 1. The van der Waals surface area contributed by atoms with Crippen molar-refractivity contribution in [1.29, 1.82) is 0 Å². The van der Waals surface area contributed by atoms with E-state index in [2.05, 4.69) is 47.3 Å². The van der Waals surface area contributed by atoms with Gasteiger partial charge in [0, 0.05) is 30.1 Å². The molecule has 0 aliphatic heterocycles. The van der Waals surface area contributed by atoms with Crippen LogP contribution in [0.1, 0.15) is 172 Å². The molecule has 120 heavy (non-hydrogen) atoms. The van der Waals surface area contributed by atoms with Gasteiger partial charge < -0.3 is 40.4 Å². The van der Waals surface area contributed by atoms with Crippen LogP contribution >= 0.6 is 11.6 Å². The highest BCUT2D eigenvalue weighted by Crippen LogP contribution is 2.50. The van der Waals surface area contributed by atoms with Gasteiger partial charge in [-0.1, -0.05) is 127 Å². The second kappa shape index (κ2) is 47.0. The van der Waals surface area contributed by atoms with Crippen molar-refractivity contribution in [2.75, 3.05) is 0 Å². The number of hydrogen-bond donors (Lipinski definition) is 4. The maximum atomic E-state index is 13.4. The topological polar surface area (TPSA) is 249 Å². The monoisotopic (exact) mass is 1710 g/mol. The Morgan fingerprint density at radius 1 is 0.433 bits per heavy atom. The highest BCUT2D eigenvalue weighted by molar-refractivity contribution is 6.66. The molecule has 5 aliphatic carbocycles. The lowest BCUT2D eigenvalue weighted by Crippen LogP contribution is -2.53. The minimum Gasteiger partial charge on any atom is -0.547 e. The summed E-state index contributed by atoms with van der Waals surface area (Å²) >= 11 is 5.01. The van der Waals surface area contributed by atoms with E-state index in [9.17, 15) is 100 Å². The summed E-state index contributed by atoms with van der Waals surface area (Å²) in [4.78, 5) is 75.5. The average Bonchev–Trinajstić information content (AvgIpc) is 1.63. The number of carboxylic acid groups (broad SMARTS) is 3. The lowest BCUT2D eigenvalue weighted by Gasteiger charge is -2.36. The molecule has 0 spiro atoms. The molecule has 642 valence electrons. The second-order valence-electron chi connectivity index (χ2n) is 30.0. The van der Waals surface area contributed by atoms with Crippen LogP contribution in [0.2, 0.25) is 0 Å². The Hall–Kier alpha value is -11.1. The van der Waals surface area contributed by atoms with E-state index in [0.717, 1.165) is 117 Å². The molecule has 0 amide bonds. The quantitative estimate of drug-likeness (QED) is 0.0205. The number of carbonyl (C=O) groups is 7. The van der Waals surface area contributed by atoms with Crippen LogP contribution in [0.15, 0.2) is 176 Å². The fraction of sp³-hybridized carbons (Fsp3) is 0.330. The fourth-order valence-electron chi connectivity index (χ4n) is 13.2. The number of aliphatic hydroxyl groups excluding tert-OH is 1. The Labute approximate surface area is 689 Å². The third kappa shape index (κ3) is 32.2. The van der Waals surface area contributed by atoms with E-state index in [4.69, 9.17) is 36.4 Å². The van der Waals surface area contributed by atoms with Gasteiger partial charge in [0.1, 0.15) is 24.6 Å². The Morgan fingerprint density at radius 2 is 0.775 bits per heavy atom. The minimum absolute atomic E-state index is 0.00699. The largest absolute Gasteiger partial charge is 0.547 e. The SMILES string of the molecule is CC(C)[C@@H]1CC[C@@H](C)C[C@H]1OC(=O)/C=C/c1ccc(F)c(F)c1.CC(C)[C@@H]1CC[C@@H](C)C[C@H]1OC(=O)[C@@H]1CC1c1ccc(F)c(F)c1.O=C(Cl)/C=C/c1ccc(F)c(F)c1.O=C(O)/C=C/c1ccc(F)c(F)c1.O=C(O)[C@@H]1CC1c1ccc(F)c(F)c1.O=C([O-])[C@H](O)c1ccccc1.O=Cc1ccc(F)c(F)c1.[NH3+][C@@H]1C[C@H]1c1ccc(F)c(F)c1. The minimum atomic E-state index is -1.52. The van der Waals surface area contributed by atoms with Crippen LogP contribution in [-0.2, 0) is 38.2 Å². The predicted octanol–water partition coefficient (Wildman–Crippen LogP) is 19.3.